The van der Waals surface area contributed by atoms with Crippen LogP contribution in [0.15, 0.2) is 60.0 Å². The number of nitrogens with one attached hydrogen (secondary N) is 1. The van der Waals surface area contributed by atoms with E-state index < -0.39 is 0 Å². The van der Waals surface area contributed by atoms with Crippen molar-refractivity contribution in [1.82, 2.24) is 20.3 Å². The normalized spacial score (nSPS) is 13.8. The van der Waals surface area contributed by atoms with Crippen LogP contribution in [0.5, 0.6) is 0 Å². The molecule has 1 aliphatic rings. The molecule has 1 saturated heterocycles. The highest BCUT2D eigenvalue weighted by Crippen LogP contribution is 2.25. The number of anilines is 2. The van der Waals surface area contributed by atoms with Gasteiger partial charge in [-0.15, -0.1) is 0 Å². The number of hydrogen-bond acceptors (Lipinski definition) is 7. The number of hydrogen-bond donors (Lipinski definition) is 1. The molecule has 3 heterocycles. The number of amides is 1. The first kappa shape index (κ1) is 22.3. The second-order valence-corrected chi connectivity index (χ2v) is 8.51. The molecule has 1 aliphatic heterocycles. The van der Waals surface area contributed by atoms with E-state index in [-0.39, 0.29) is 17.5 Å². The van der Waals surface area contributed by atoms with Crippen LogP contribution in [0.1, 0.15) is 5.56 Å². The van der Waals surface area contributed by atoms with Crippen LogP contribution in [0, 0.1) is 5.82 Å². The van der Waals surface area contributed by atoms with Gasteiger partial charge in [0.2, 0.25) is 5.91 Å². The number of carbonyl (C=O) groups is 1. The van der Waals surface area contributed by atoms with Gasteiger partial charge in [0.25, 0.3) is 0 Å². The number of carbonyl (C=O) groups excluding carboxylic acids is 1. The lowest BCUT2D eigenvalue weighted by Crippen LogP contribution is -2.47. The van der Waals surface area contributed by atoms with Crippen LogP contribution >= 0.6 is 23.4 Å². The topological polar surface area (TPSA) is 74.2 Å². The van der Waals surface area contributed by atoms with Gasteiger partial charge >= 0.3 is 0 Å². The molecule has 7 nitrogen and oxygen atoms in total. The second kappa shape index (κ2) is 10.6. The summed E-state index contributed by atoms with van der Waals surface area (Å²) in [6.07, 6.45) is 3.38. The number of thioether (sulfide) groups is 1. The molecular formula is C22H22ClFN6OS. The number of benzene rings is 1. The minimum Gasteiger partial charge on any atom is -0.366 e. The molecule has 166 valence electrons. The highest BCUT2D eigenvalue weighted by molar-refractivity contribution is 7.99. The molecule has 1 amide bonds. The Morgan fingerprint density at radius 2 is 1.78 bits per heavy atom. The number of pyridine rings is 1. The number of para-hydroxylation sites is 1. The zero-order chi connectivity index (χ0) is 22.3. The molecule has 1 fully saturated rings. The van der Waals surface area contributed by atoms with Crippen LogP contribution in [0.3, 0.4) is 0 Å². The van der Waals surface area contributed by atoms with E-state index in [1.807, 2.05) is 23.1 Å². The molecule has 0 aliphatic carbocycles. The van der Waals surface area contributed by atoms with E-state index >= 15 is 0 Å². The third kappa shape index (κ3) is 5.86. The van der Waals surface area contributed by atoms with Gasteiger partial charge in [0, 0.05) is 51.2 Å². The molecule has 0 unspecified atom stereocenters. The molecule has 0 atom stereocenters. The van der Waals surface area contributed by atoms with Crippen LogP contribution in [-0.2, 0) is 11.3 Å². The Kier molecular flexibility index (Phi) is 7.39. The van der Waals surface area contributed by atoms with Crippen molar-refractivity contribution < 1.29 is 9.18 Å². The second-order valence-electron chi connectivity index (χ2n) is 7.18. The highest BCUT2D eigenvalue weighted by Gasteiger charge is 2.21. The average Bonchev–Trinajstić information content (AvgIpc) is 2.82. The maximum atomic E-state index is 14.1. The lowest BCUT2D eigenvalue weighted by molar-refractivity contribution is -0.118. The quantitative estimate of drug-likeness (QED) is 0.321. The Hall–Kier alpha value is -2.91. The van der Waals surface area contributed by atoms with E-state index in [1.165, 1.54) is 17.8 Å². The van der Waals surface area contributed by atoms with Crippen molar-refractivity contribution in [2.75, 3.05) is 41.7 Å². The standard InChI is InChI=1S/C22H22ClFN6OS/c23-19-13-20(30-11-9-29(10-12-30)18-4-2-1-3-17(18)24)28-22(27-19)32-15-21(31)26-14-16-5-7-25-8-6-16/h1-8,13H,9-12,14-15H2,(H,26,31). The maximum Gasteiger partial charge on any atom is 0.230 e. The van der Waals surface area contributed by atoms with Crippen LogP contribution in [0.25, 0.3) is 0 Å². The highest BCUT2D eigenvalue weighted by atomic mass is 35.5. The smallest absolute Gasteiger partial charge is 0.230 e. The largest absolute Gasteiger partial charge is 0.366 e. The molecule has 1 aromatic carbocycles. The number of nitrogens with zero attached hydrogens (tertiary/aromatic N) is 5. The summed E-state index contributed by atoms with van der Waals surface area (Å²) in [6.45, 7) is 3.14. The lowest BCUT2D eigenvalue weighted by atomic mass is 10.2. The van der Waals surface area contributed by atoms with Crippen molar-refractivity contribution >= 4 is 40.8 Å². The maximum absolute atomic E-state index is 14.1. The molecule has 1 N–H and O–H groups in total. The summed E-state index contributed by atoms with van der Waals surface area (Å²) in [5.41, 5.74) is 1.59. The van der Waals surface area contributed by atoms with Crippen molar-refractivity contribution in [1.29, 1.82) is 0 Å². The Bertz CT molecular complexity index is 1070. The fourth-order valence-corrected chi connectivity index (χ4v) is 4.29. The molecule has 0 radical (unpaired) electrons. The average molecular weight is 473 g/mol. The number of rotatable bonds is 7. The van der Waals surface area contributed by atoms with Crippen molar-refractivity contribution in [3.8, 4) is 0 Å². The first-order valence-electron chi connectivity index (χ1n) is 10.2. The van der Waals surface area contributed by atoms with Gasteiger partial charge in [-0.2, -0.15) is 0 Å². The molecular weight excluding hydrogens is 451 g/mol. The molecule has 2 aromatic heterocycles. The third-order valence-electron chi connectivity index (χ3n) is 5.03. The van der Waals surface area contributed by atoms with Crippen LogP contribution < -0.4 is 15.1 Å². The van der Waals surface area contributed by atoms with Gasteiger partial charge in [-0.25, -0.2) is 14.4 Å². The number of piperazine rings is 1. The van der Waals surface area contributed by atoms with Gasteiger partial charge in [-0.05, 0) is 29.8 Å². The number of halogens is 2. The zero-order valence-electron chi connectivity index (χ0n) is 17.2. The Labute approximate surface area is 195 Å². The predicted octanol–water partition coefficient (Wildman–Crippen LogP) is 3.40. The van der Waals surface area contributed by atoms with E-state index in [9.17, 15) is 9.18 Å². The molecule has 0 bridgehead atoms. The van der Waals surface area contributed by atoms with Crippen molar-refractivity contribution in [3.05, 3.63) is 71.4 Å². The van der Waals surface area contributed by atoms with Gasteiger partial charge < -0.3 is 15.1 Å². The Morgan fingerprint density at radius 3 is 2.53 bits per heavy atom. The van der Waals surface area contributed by atoms with E-state index in [2.05, 4.69) is 25.2 Å². The van der Waals surface area contributed by atoms with Gasteiger partial charge in [-0.1, -0.05) is 35.5 Å². The Balaban J connectivity index is 1.32. The van der Waals surface area contributed by atoms with E-state index in [0.29, 0.717) is 54.5 Å². The molecule has 4 rings (SSSR count). The van der Waals surface area contributed by atoms with E-state index in [0.717, 1.165) is 5.56 Å². The van der Waals surface area contributed by atoms with Crippen molar-refractivity contribution in [2.45, 2.75) is 11.7 Å². The summed E-state index contributed by atoms with van der Waals surface area (Å²) < 4.78 is 14.1. The molecule has 0 spiro atoms. The van der Waals surface area contributed by atoms with Gasteiger partial charge in [0.05, 0.1) is 11.4 Å². The first-order valence-corrected chi connectivity index (χ1v) is 11.5. The van der Waals surface area contributed by atoms with Crippen molar-refractivity contribution in [2.24, 2.45) is 0 Å². The molecule has 3 aromatic rings. The zero-order valence-corrected chi connectivity index (χ0v) is 18.8. The minimum absolute atomic E-state index is 0.115. The predicted molar refractivity (Wildman–Crippen MR) is 125 cm³/mol. The van der Waals surface area contributed by atoms with Crippen LogP contribution in [0.4, 0.5) is 15.9 Å². The fourth-order valence-electron chi connectivity index (χ4n) is 3.38. The summed E-state index contributed by atoms with van der Waals surface area (Å²) in [7, 11) is 0. The van der Waals surface area contributed by atoms with E-state index in [4.69, 9.17) is 11.6 Å². The Morgan fingerprint density at radius 1 is 1.06 bits per heavy atom. The fraction of sp³-hybridized carbons (Fsp3) is 0.273. The van der Waals surface area contributed by atoms with E-state index in [1.54, 1.807) is 30.6 Å². The van der Waals surface area contributed by atoms with Crippen LogP contribution in [0.2, 0.25) is 5.15 Å². The number of aromatic nitrogens is 3. The minimum atomic E-state index is -0.216. The van der Waals surface area contributed by atoms with Gasteiger partial charge in [0.1, 0.15) is 16.8 Å². The summed E-state index contributed by atoms with van der Waals surface area (Å²) >= 11 is 7.45. The van der Waals surface area contributed by atoms with Crippen LogP contribution in [-0.4, -0.2) is 52.8 Å². The molecule has 32 heavy (non-hydrogen) atoms. The molecule has 10 heteroatoms. The summed E-state index contributed by atoms with van der Waals surface area (Å²) in [6, 6.07) is 12.2. The summed E-state index contributed by atoms with van der Waals surface area (Å²) in [5.74, 6) is 0.562. The lowest BCUT2D eigenvalue weighted by Gasteiger charge is -2.36. The monoisotopic (exact) mass is 472 g/mol. The summed E-state index contributed by atoms with van der Waals surface area (Å²) in [5, 5.41) is 3.64. The first-order chi connectivity index (χ1) is 15.6. The SMILES string of the molecule is O=C(CSc1nc(Cl)cc(N2CCN(c3ccccc3F)CC2)n1)NCc1ccncc1. The third-order valence-corrected chi connectivity index (χ3v) is 6.07. The van der Waals surface area contributed by atoms with Gasteiger partial charge in [-0.3, -0.25) is 9.78 Å². The van der Waals surface area contributed by atoms with Gasteiger partial charge in [0.15, 0.2) is 5.16 Å². The van der Waals surface area contributed by atoms with Crippen molar-refractivity contribution in [3.63, 3.8) is 0 Å². The summed E-state index contributed by atoms with van der Waals surface area (Å²) in [4.78, 5) is 29.1. The molecule has 0 saturated carbocycles.